The lowest BCUT2D eigenvalue weighted by molar-refractivity contribution is 0.270. The van der Waals surface area contributed by atoms with Crippen LogP contribution in [-0.2, 0) is 16.4 Å². The number of nitrogens with one attached hydrogen (secondary N) is 1. The van der Waals surface area contributed by atoms with E-state index < -0.39 is 10.0 Å². The normalized spacial score (nSPS) is 13.4. The zero-order valence-corrected chi connectivity index (χ0v) is 12.4. The third kappa shape index (κ3) is 4.93. The predicted molar refractivity (Wildman–Crippen MR) is 76.5 cm³/mol. The SMILES string of the molecule is CCCc1ccc(S(=O)(=O)NC(CC)CCO)cc1. The molecule has 0 heterocycles. The van der Waals surface area contributed by atoms with E-state index in [0.717, 1.165) is 18.4 Å². The van der Waals surface area contributed by atoms with E-state index in [4.69, 9.17) is 5.11 Å². The molecule has 1 unspecified atom stereocenters. The van der Waals surface area contributed by atoms with Crippen molar-refractivity contribution in [3.63, 3.8) is 0 Å². The minimum atomic E-state index is -3.49. The van der Waals surface area contributed by atoms with E-state index in [0.29, 0.717) is 12.8 Å². The molecule has 0 radical (unpaired) electrons. The predicted octanol–water partition coefficient (Wildman–Crippen LogP) is 2.08. The van der Waals surface area contributed by atoms with Gasteiger partial charge in [0.25, 0.3) is 0 Å². The standard InChI is InChI=1S/C14H23NO3S/c1-3-5-12-6-8-14(9-7-12)19(17,18)15-13(4-2)10-11-16/h6-9,13,15-16H,3-5,10-11H2,1-2H3. The average Bonchev–Trinajstić information content (AvgIpc) is 2.39. The fraction of sp³-hybridized carbons (Fsp3) is 0.571. The van der Waals surface area contributed by atoms with E-state index in [2.05, 4.69) is 11.6 Å². The van der Waals surface area contributed by atoms with Gasteiger partial charge in [-0.2, -0.15) is 0 Å². The Balaban J connectivity index is 2.81. The number of hydrogen-bond donors (Lipinski definition) is 2. The Morgan fingerprint density at radius 2 is 1.84 bits per heavy atom. The van der Waals surface area contributed by atoms with Gasteiger partial charge in [0.05, 0.1) is 4.90 Å². The van der Waals surface area contributed by atoms with Gasteiger partial charge in [-0.15, -0.1) is 0 Å². The molecule has 0 aliphatic heterocycles. The molecule has 4 nitrogen and oxygen atoms in total. The van der Waals surface area contributed by atoms with E-state index in [1.807, 2.05) is 19.1 Å². The lowest BCUT2D eigenvalue weighted by atomic mass is 10.1. The second kappa shape index (κ2) is 7.62. The highest BCUT2D eigenvalue weighted by Crippen LogP contribution is 2.13. The summed E-state index contributed by atoms with van der Waals surface area (Å²) in [6.45, 7) is 3.97. The molecule has 0 aliphatic carbocycles. The van der Waals surface area contributed by atoms with Crippen LogP contribution in [0.4, 0.5) is 0 Å². The topological polar surface area (TPSA) is 66.4 Å². The van der Waals surface area contributed by atoms with E-state index in [1.165, 1.54) is 0 Å². The molecule has 5 heteroatoms. The van der Waals surface area contributed by atoms with Crippen LogP contribution < -0.4 is 4.72 Å². The van der Waals surface area contributed by atoms with Crippen LogP contribution in [0, 0.1) is 0 Å². The van der Waals surface area contributed by atoms with Crippen LogP contribution in [0.2, 0.25) is 0 Å². The highest BCUT2D eigenvalue weighted by molar-refractivity contribution is 7.89. The Bertz CT molecular complexity index is 468. The van der Waals surface area contributed by atoms with Gasteiger partial charge in [0.2, 0.25) is 10.0 Å². The zero-order valence-electron chi connectivity index (χ0n) is 11.6. The van der Waals surface area contributed by atoms with Crippen molar-refractivity contribution in [2.75, 3.05) is 6.61 Å². The molecule has 2 N–H and O–H groups in total. The van der Waals surface area contributed by atoms with Crippen LogP contribution in [-0.4, -0.2) is 26.2 Å². The fourth-order valence-corrected chi connectivity index (χ4v) is 3.27. The average molecular weight is 285 g/mol. The summed E-state index contributed by atoms with van der Waals surface area (Å²) < 4.78 is 26.9. The second-order valence-electron chi connectivity index (χ2n) is 4.63. The molecular weight excluding hydrogens is 262 g/mol. The first kappa shape index (κ1) is 16.1. The Hall–Kier alpha value is -0.910. The molecule has 1 atom stereocenters. The summed E-state index contributed by atoms with van der Waals surface area (Å²) in [5.74, 6) is 0. The summed E-state index contributed by atoms with van der Waals surface area (Å²) >= 11 is 0. The molecule has 0 saturated carbocycles. The van der Waals surface area contributed by atoms with Crippen LogP contribution in [0.25, 0.3) is 0 Å². The molecule has 0 spiro atoms. The Morgan fingerprint density at radius 3 is 2.32 bits per heavy atom. The highest BCUT2D eigenvalue weighted by Gasteiger charge is 2.18. The number of aliphatic hydroxyl groups is 1. The molecule has 1 aromatic carbocycles. The van der Waals surface area contributed by atoms with Crippen LogP contribution in [0.15, 0.2) is 29.2 Å². The van der Waals surface area contributed by atoms with Crippen LogP contribution >= 0.6 is 0 Å². The largest absolute Gasteiger partial charge is 0.396 e. The molecule has 0 bridgehead atoms. The number of aliphatic hydroxyl groups excluding tert-OH is 1. The van der Waals surface area contributed by atoms with Crippen molar-refractivity contribution in [1.29, 1.82) is 0 Å². The van der Waals surface area contributed by atoms with Crippen molar-refractivity contribution in [2.24, 2.45) is 0 Å². The maximum absolute atomic E-state index is 12.2. The molecule has 19 heavy (non-hydrogen) atoms. The van der Waals surface area contributed by atoms with Gasteiger partial charge in [-0.3, -0.25) is 0 Å². The number of rotatable bonds is 8. The first-order valence-corrected chi connectivity index (χ1v) is 8.24. The zero-order chi connectivity index (χ0) is 14.3. The summed E-state index contributed by atoms with van der Waals surface area (Å²) in [4.78, 5) is 0.281. The quantitative estimate of drug-likeness (QED) is 0.768. The third-order valence-corrected chi connectivity index (χ3v) is 4.60. The van der Waals surface area contributed by atoms with Crippen LogP contribution in [0.3, 0.4) is 0 Å². The van der Waals surface area contributed by atoms with E-state index in [-0.39, 0.29) is 17.5 Å². The Labute approximate surface area is 115 Å². The van der Waals surface area contributed by atoms with E-state index in [1.54, 1.807) is 12.1 Å². The summed E-state index contributed by atoms with van der Waals surface area (Å²) in [5.41, 5.74) is 1.14. The number of sulfonamides is 1. The molecule has 0 fully saturated rings. The molecule has 0 amide bonds. The van der Waals surface area contributed by atoms with Gasteiger partial charge < -0.3 is 5.11 Å². The van der Waals surface area contributed by atoms with Crippen LogP contribution in [0.5, 0.6) is 0 Å². The van der Waals surface area contributed by atoms with E-state index in [9.17, 15) is 8.42 Å². The summed E-state index contributed by atoms with van der Waals surface area (Å²) in [6, 6.07) is 6.76. The maximum atomic E-state index is 12.2. The number of hydrogen-bond acceptors (Lipinski definition) is 3. The fourth-order valence-electron chi connectivity index (χ4n) is 1.91. The first-order chi connectivity index (χ1) is 9.03. The maximum Gasteiger partial charge on any atom is 0.240 e. The molecule has 1 aromatic rings. The van der Waals surface area contributed by atoms with Crippen molar-refractivity contribution in [2.45, 2.75) is 50.5 Å². The molecular formula is C14H23NO3S. The molecule has 0 aliphatic rings. The summed E-state index contributed by atoms with van der Waals surface area (Å²) in [7, 11) is -3.49. The van der Waals surface area contributed by atoms with Gasteiger partial charge >= 0.3 is 0 Å². The van der Waals surface area contributed by atoms with Gasteiger partial charge in [-0.25, -0.2) is 13.1 Å². The minimum Gasteiger partial charge on any atom is -0.396 e. The summed E-state index contributed by atoms with van der Waals surface area (Å²) in [5, 5.41) is 8.90. The van der Waals surface area contributed by atoms with Crippen molar-refractivity contribution in [3.8, 4) is 0 Å². The van der Waals surface area contributed by atoms with Crippen molar-refractivity contribution >= 4 is 10.0 Å². The van der Waals surface area contributed by atoms with Crippen molar-refractivity contribution in [1.82, 2.24) is 4.72 Å². The van der Waals surface area contributed by atoms with Gasteiger partial charge in [0, 0.05) is 12.6 Å². The Kier molecular flexibility index (Phi) is 6.48. The van der Waals surface area contributed by atoms with Gasteiger partial charge in [-0.05, 0) is 37.0 Å². The molecule has 0 aromatic heterocycles. The molecule has 0 saturated heterocycles. The molecule has 108 valence electrons. The van der Waals surface area contributed by atoms with Gasteiger partial charge in [-0.1, -0.05) is 32.4 Å². The third-order valence-electron chi connectivity index (χ3n) is 3.06. The first-order valence-electron chi connectivity index (χ1n) is 6.75. The lowest BCUT2D eigenvalue weighted by Crippen LogP contribution is -2.35. The van der Waals surface area contributed by atoms with Gasteiger partial charge in [0.15, 0.2) is 0 Å². The smallest absolute Gasteiger partial charge is 0.240 e. The second-order valence-corrected chi connectivity index (χ2v) is 6.35. The Morgan fingerprint density at radius 1 is 1.21 bits per heavy atom. The van der Waals surface area contributed by atoms with Crippen molar-refractivity contribution in [3.05, 3.63) is 29.8 Å². The van der Waals surface area contributed by atoms with Gasteiger partial charge in [0.1, 0.15) is 0 Å². The van der Waals surface area contributed by atoms with E-state index >= 15 is 0 Å². The number of benzene rings is 1. The van der Waals surface area contributed by atoms with Crippen LogP contribution in [0.1, 0.15) is 38.7 Å². The monoisotopic (exact) mass is 285 g/mol. The number of aryl methyl sites for hydroxylation is 1. The highest BCUT2D eigenvalue weighted by atomic mass is 32.2. The minimum absolute atomic E-state index is 0.0174. The molecule has 1 rings (SSSR count). The lowest BCUT2D eigenvalue weighted by Gasteiger charge is -2.16. The van der Waals surface area contributed by atoms with Crippen molar-refractivity contribution < 1.29 is 13.5 Å². The summed E-state index contributed by atoms with van der Waals surface area (Å²) in [6.07, 6.45) is 3.09.